The highest BCUT2D eigenvalue weighted by molar-refractivity contribution is 5.98. The average molecular weight is 406 g/mol. The average Bonchev–Trinajstić information content (AvgIpc) is 3.18. The van der Waals surface area contributed by atoms with Crippen LogP contribution in [0, 0.1) is 5.92 Å². The van der Waals surface area contributed by atoms with Gasteiger partial charge >= 0.3 is 0 Å². The Balaban J connectivity index is 1.19. The molecule has 1 amide bonds. The number of aromatic amines is 1. The molecule has 7 nitrogen and oxygen atoms in total. The van der Waals surface area contributed by atoms with E-state index in [4.69, 9.17) is 4.74 Å². The van der Waals surface area contributed by atoms with Gasteiger partial charge in [-0.05, 0) is 42.7 Å². The van der Waals surface area contributed by atoms with E-state index in [0.29, 0.717) is 24.1 Å². The molecule has 0 aliphatic carbocycles. The molecule has 1 aromatic carbocycles. The number of H-pyrrole nitrogens is 1. The quantitative estimate of drug-likeness (QED) is 0.681. The van der Waals surface area contributed by atoms with E-state index in [1.54, 1.807) is 13.2 Å². The Hall–Kier alpha value is -3.06. The van der Waals surface area contributed by atoms with Crippen molar-refractivity contribution in [1.82, 2.24) is 19.8 Å². The minimum Gasteiger partial charge on any atom is -0.497 e. The number of pyridine rings is 1. The van der Waals surface area contributed by atoms with Crippen LogP contribution < -0.4 is 15.6 Å². The van der Waals surface area contributed by atoms with E-state index >= 15 is 0 Å². The van der Waals surface area contributed by atoms with Crippen molar-refractivity contribution in [3.05, 3.63) is 64.2 Å². The predicted octanol–water partition coefficient (Wildman–Crippen LogP) is 2.19. The number of benzene rings is 1. The van der Waals surface area contributed by atoms with Gasteiger partial charge in [0.15, 0.2) is 0 Å². The summed E-state index contributed by atoms with van der Waals surface area (Å²) in [5.41, 5.74) is 2.74. The molecule has 2 atom stereocenters. The van der Waals surface area contributed by atoms with Crippen molar-refractivity contribution < 1.29 is 9.53 Å². The second kappa shape index (κ2) is 7.65. The number of fused-ring (bicyclic) bond motifs is 5. The number of nitrogens with zero attached hydrogens (tertiary/aromatic N) is 2. The first-order chi connectivity index (χ1) is 14.6. The normalized spacial score (nSPS) is 20.7. The van der Waals surface area contributed by atoms with Crippen molar-refractivity contribution in [3.8, 4) is 5.75 Å². The highest BCUT2D eigenvalue weighted by Gasteiger charge is 2.34. The lowest BCUT2D eigenvalue weighted by Crippen LogP contribution is -2.48. The number of ether oxygens (including phenoxy) is 1. The minimum atomic E-state index is -0.0979. The lowest BCUT2D eigenvalue weighted by atomic mass is 9.83. The van der Waals surface area contributed by atoms with Crippen LogP contribution in [0.3, 0.4) is 0 Å². The third kappa shape index (κ3) is 3.50. The highest BCUT2D eigenvalue weighted by Crippen LogP contribution is 2.34. The van der Waals surface area contributed by atoms with E-state index in [0.717, 1.165) is 54.9 Å². The van der Waals surface area contributed by atoms with Crippen molar-refractivity contribution in [2.24, 2.45) is 5.92 Å². The van der Waals surface area contributed by atoms with Crippen LogP contribution in [0.5, 0.6) is 5.75 Å². The minimum absolute atomic E-state index is 0.0979. The van der Waals surface area contributed by atoms with Crippen molar-refractivity contribution in [2.45, 2.75) is 18.9 Å². The molecule has 0 radical (unpaired) electrons. The van der Waals surface area contributed by atoms with Crippen LogP contribution in [0.15, 0.2) is 47.3 Å². The second-order valence-electron chi connectivity index (χ2n) is 8.35. The molecule has 7 heteroatoms. The summed E-state index contributed by atoms with van der Waals surface area (Å²) in [6, 6.07) is 13.2. The van der Waals surface area contributed by atoms with Crippen LogP contribution in [0.4, 0.5) is 0 Å². The number of nitrogens with one attached hydrogen (secondary N) is 2. The van der Waals surface area contributed by atoms with Gasteiger partial charge in [-0.15, -0.1) is 0 Å². The predicted molar refractivity (Wildman–Crippen MR) is 115 cm³/mol. The van der Waals surface area contributed by atoms with Gasteiger partial charge in [0.2, 0.25) is 0 Å². The van der Waals surface area contributed by atoms with Gasteiger partial charge in [-0.1, -0.05) is 6.07 Å². The number of likely N-dealkylation sites (tertiary alicyclic amines) is 1. The maximum atomic E-state index is 12.6. The zero-order valence-corrected chi connectivity index (χ0v) is 17.1. The highest BCUT2D eigenvalue weighted by atomic mass is 16.5. The molecule has 2 aromatic heterocycles. The van der Waals surface area contributed by atoms with E-state index in [1.165, 1.54) is 0 Å². The van der Waals surface area contributed by atoms with Crippen molar-refractivity contribution in [3.63, 3.8) is 0 Å². The zero-order valence-electron chi connectivity index (χ0n) is 17.1. The molecule has 1 fully saturated rings. The maximum absolute atomic E-state index is 12.6. The lowest BCUT2D eigenvalue weighted by Gasteiger charge is -2.42. The smallest absolute Gasteiger partial charge is 0.267 e. The summed E-state index contributed by atoms with van der Waals surface area (Å²) in [7, 11) is 1.63. The number of carbonyl (C=O) groups excluding carboxylic acids is 1. The first-order valence-corrected chi connectivity index (χ1v) is 10.5. The fourth-order valence-electron chi connectivity index (χ4n) is 4.96. The molecule has 2 N–H and O–H groups in total. The number of hydrogen-bond acceptors (Lipinski definition) is 4. The number of hydrogen-bond donors (Lipinski definition) is 2. The largest absolute Gasteiger partial charge is 0.497 e. The van der Waals surface area contributed by atoms with Crippen LogP contribution in [-0.2, 0) is 6.54 Å². The van der Waals surface area contributed by atoms with Gasteiger partial charge in [0.05, 0.1) is 7.11 Å². The molecule has 2 aliphatic rings. The van der Waals surface area contributed by atoms with Gasteiger partial charge in [-0.3, -0.25) is 9.59 Å². The Morgan fingerprint density at radius 1 is 1.20 bits per heavy atom. The van der Waals surface area contributed by atoms with E-state index in [1.807, 2.05) is 34.9 Å². The van der Waals surface area contributed by atoms with Crippen LogP contribution in [0.1, 0.15) is 28.5 Å². The third-order valence-corrected chi connectivity index (χ3v) is 6.34. The molecular weight excluding hydrogens is 380 g/mol. The van der Waals surface area contributed by atoms with Gasteiger partial charge in [0, 0.05) is 61.3 Å². The second-order valence-corrected chi connectivity index (χ2v) is 8.35. The first-order valence-electron chi connectivity index (χ1n) is 10.5. The van der Waals surface area contributed by atoms with E-state index in [9.17, 15) is 9.59 Å². The van der Waals surface area contributed by atoms with Gasteiger partial charge in [-0.2, -0.15) is 0 Å². The van der Waals surface area contributed by atoms with Gasteiger partial charge < -0.3 is 24.5 Å². The summed E-state index contributed by atoms with van der Waals surface area (Å²) < 4.78 is 7.19. The van der Waals surface area contributed by atoms with Crippen LogP contribution in [0.2, 0.25) is 0 Å². The molecule has 0 spiro atoms. The summed E-state index contributed by atoms with van der Waals surface area (Å²) in [6.45, 7) is 4.11. The number of rotatable bonds is 5. The maximum Gasteiger partial charge on any atom is 0.267 e. The monoisotopic (exact) mass is 406 g/mol. The van der Waals surface area contributed by atoms with E-state index in [2.05, 4.69) is 21.3 Å². The summed E-state index contributed by atoms with van der Waals surface area (Å²) in [5.74, 6) is 1.56. The van der Waals surface area contributed by atoms with Gasteiger partial charge in [0.25, 0.3) is 11.5 Å². The van der Waals surface area contributed by atoms with Crippen molar-refractivity contribution in [2.75, 3.05) is 33.3 Å². The number of aromatic nitrogens is 2. The van der Waals surface area contributed by atoms with Crippen LogP contribution in [0.25, 0.3) is 10.9 Å². The standard InChI is InChI=1S/C23H26N4O3/c1-30-18-5-6-19-16(10-18)11-20(25-19)23(29)24-7-8-26-12-15-9-17(14-26)21-3-2-4-22(28)27(21)13-15/h2-6,10-11,15,17,25H,7-9,12-14H2,1H3,(H,24,29)/t15-,17+/m1/s1. The third-order valence-electron chi connectivity index (χ3n) is 6.34. The molecule has 3 aromatic rings. The molecule has 5 rings (SSSR count). The fourth-order valence-corrected chi connectivity index (χ4v) is 4.96. The van der Waals surface area contributed by atoms with E-state index < -0.39 is 0 Å². The molecule has 156 valence electrons. The summed E-state index contributed by atoms with van der Waals surface area (Å²) in [5, 5.41) is 3.99. The Morgan fingerprint density at radius 2 is 2.10 bits per heavy atom. The van der Waals surface area contributed by atoms with Gasteiger partial charge in [0.1, 0.15) is 11.4 Å². The molecular formula is C23H26N4O3. The molecule has 2 aliphatic heterocycles. The fraction of sp³-hybridized carbons (Fsp3) is 0.391. The summed E-state index contributed by atoms with van der Waals surface area (Å²) >= 11 is 0. The molecule has 2 bridgehead atoms. The Bertz CT molecular complexity index is 1150. The first kappa shape index (κ1) is 18.9. The van der Waals surface area contributed by atoms with Crippen LogP contribution >= 0.6 is 0 Å². The topological polar surface area (TPSA) is 79.4 Å². The SMILES string of the molecule is COc1ccc2[nH]c(C(=O)NCCN3C[C@H]4C[C@@H](C3)c3cccc(=O)n3C4)cc2c1. The van der Waals surface area contributed by atoms with Gasteiger partial charge in [-0.25, -0.2) is 0 Å². The summed E-state index contributed by atoms with van der Waals surface area (Å²) in [4.78, 5) is 30.3. The molecule has 30 heavy (non-hydrogen) atoms. The number of piperidine rings is 1. The van der Waals surface area contributed by atoms with Crippen molar-refractivity contribution in [1.29, 1.82) is 0 Å². The Kier molecular flexibility index (Phi) is 4.83. The molecule has 1 saturated heterocycles. The number of amides is 1. The van der Waals surface area contributed by atoms with Crippen LogP contribution in [-0.4, -0.2) is 53.6 Å². The van der Waals surface area contributed by atoms with E-state index in [-0.39, 0.29) is 11.5 Å². The Morgan fingerprint density at radius 3 is 2.97 bits per heavy atom. The number of carbonyl (C=O) groups is 1. The Labute approximate surface area is 174 Å². The molecule has 0 saturated carbocycles. The van der Waals surface area contributed by atoms with Crippen molar-refractivity contribution >= 4 is 16.8 Å². The molecule has 0 unspecified atom stereocenters. The molecule has 4 heterocycles. The zero-order chi connectivity index (χ0) is 20.7. The lowest BCUT2D eigenvalue weighted by molar-refractivity contribution is 0.0923. The summed E-state index contributed by atoms with van der Waals surface area (Å²) in [6.07, 6.45) is 1.14. The number of methoxy groups -OCH3 is 1.